The van der Waals surface area contributed by atoms with E-state index >= 15 is 0 Å². The van der Waals surface area contributed by atoms with Gasteiger partial charge < -0.3 is 59.3 Å². The fraction of sp³-hybridized carbons (Fsp3) is 0.338. The van der Waals surface area contributed by atoms with Crippen molar-refractivity contribution < 1.29 is 52.7 Å². The number of fused-ring (bicyclic) bond motifs is 2. The highest BCUT2D eigenvalue weighted by Gasteiger charge is 2.33. The van der Waals surface area contributed by atoms with Crippen LogP contribution in [0.15, 0.2) is 140 Å². The number of aromatic carboxylic acids is 1. The normalized spacial score (nSPS) is 14.8. The number of aromatic nitrogens is 7. The van der Waals surface area contributed by atoms with Crippen LogP contribution in [0.1, 0.15) is 112 Å². The lowest BCUT2D eigenvalue weighted by molar-refractivity contribution is 0.0283. The summed E-state index contributed by atoms with van der Waals surface area (Å²) in [4.78, 5) is 66.7. The third kappa shape index (κ3) is 16.3. The number of hydrogen-bond acceptors (Lipinski definition) is 17. The minimum Gasteiger partial charge on any atom is -0.497 e. The van der Waals surface area contributed by atoms with Gasteiger partial charge in [-0.15, -0.1) is 0 Å². The molecule has 4 aromatic carbocycles. The molecule has 0 unspecified atom stereocenters. The third-order valence-electron chi connectivity index (χ3n) is 14.9. The van der Waals surface area contributed by atoms with Gasteiger partial charge in [0.1, 0.15) is 62.3 Å². The Hall–Kier alpha value is -10.5. The van der Waals surface area contributed by atoms with Gasteiger partial charge in [0, 0.05) is 74.5 Å². The molecule has 0 radical (unpaired) electrons. The number of nitrogens with zero attached hydrogens (tertiary/aromatic N) is 9. The molecule has 3 amide bonds. The number of ether oxygens (including phenoxy) is 6. The minimum absolute atomic E-state index is 0.0574. The van der Waals surface area contributed by atoms with Crippen molar-refractivity contribution in [2.24, 2.45) is 0 Å². The van der Waals surface area contributed by atoms with E-state index in [4.69, 9.17) is 43.6 Å². The van der Waals surface area contributed by atoms with E-state index in [2.05, 4.69) is 39.8 Å². The highest BCUT2D eigenvalue weighted by atomic mass is 16.6. The van der Waals surface area contributed by atoms with Crippen LogP contribution in [0.5, 0.6) is 34.5 Å². The van der Waals surface area contributed by atoms with Crippen molar-refractivity contribution in [3.05, 3.63) is 168 Å². The molecule has 0 aliphatic carbocycles. The zero-order chi connectivity index (χ0) is 64.6. The van der Waals surface area contributed by atoms with Crippen molar-refractivity contribution in [1.29, 1.82) is 0 Å². The van der Waals surface area contributed by atoms with E-state index in [-0.39, 0.29) is 35.7 Å². The Morgan fingerprint density at radius 1 is 0.560 bits per heavy atom. The van der Waals surface area contributed by atoms with Crippen LogP contribution < -0.4 is 34.9 Å². The van der Waals surface area contributed by atoms with E-state index < -0.39 is 17.2 Å². The van der Waals surface area contributed by atoms with Gasteiger partial charge >= 0.3 is 18.2 Å². The summed E-state index contributed by atoms with van der Waals surface area (Å²) in [6.45, 7) is 18.3. The molecule has 0 bridgehead atoms. The van der Waals surface area contributed by atoms with E-state index in [0.717, 1.165) is 41.0 Å². The Morgan fingerprint density at radius 2 is 0.978 bits per heavy atom. The van der Waals surface area contributed by atoms with Gasteiger partial charge in [-0.25, -0.2) is 38.7 Å². The summed E-state index contributed by atoms with van der Waals surface area (Å²) in [7, 11) is 3.26. The average Bonchev–Trinajstić information content (AvgIpc) is 1.72. The molecule has 0 saturated carbocycles. The van der Waals surface area contributed by atoms with Crippen molar-refractivity contribution >= 4 is 63.6 Å². The molecule has 474 valence electrons. The SMILES string of the molecule is COc1ccc(Cn2nc(N[C@@H]3CCN(C(=O)OC(C)(C)C)C3)c3c(Oc4ccc(C(=O)Nc5cc(C(C)C)ccn5)cc4)ccnc32)cc1.COc1ccc(Cn2nc(N[C@@H]3CCN(C(=O)OC(C)(C)C)C3)c3c(Oc4ccc(C(=O)O)cc4)ccnc32)cc1. The lowest BCUT2D eigenvalue weighted by atomic mass is 10.1. The summed E-state index contributed by atoms with van der Waals surface area (Å²) in [6.07, 6.45) is 5.81. The number of rotatable bonds is 18. The molecular weight excluding hydrogens is 1160 g/mol. The standard InChI is InChI=1S/C38H43N7O5.C30H33N5O6/c1-24(2)27-15-18-39-32(21-27)42-36(46)26-9-13-30(14-10-26)49-31-16-19-40-35-33(31)34(43-45(35)22-25-7-11-29(48-6)12-8-25)41-28-17-20-44(23-28)37(47)50-38(3,4)5;1-30(2,3)41-29(38)34-16-14-21(18-34)32-26-25-24(40-23-11-7-20(8-12-23)28(36)37)13-15-31-27(25)35(33-26)17-19-5-9-22(39-4)10-6-19/h7-16,18-19,21,24,28H,17,20,22-23H2,1-6H3,(H,41,43)(H,39,42,46);5-13,15,21H,14,16-18H2,1-4H3,(H,32,33)(H,36,37)/t28-;21-/m11/s1. The van der Waals surface area contributed by atoms with Crippen molar-refractivity contribution in [2.45, 2.75) is 111 Å². The molecule has 11 rings (SSSR count). The first-order valence-electron chi connectivity index (χ1n) is 30.1. The van der Waals surface area contributed by atoms with E-state index in [0.29, 0.717) is 113 Å². The van der Waals surface area contributed by atoms with Gasteiger partial charge in [0.25, 0.3) is 5.91 Å². The fourth-order valence-corrected chi connectivity index (χ4v) is 10.3. The first-order valence-corrected chi connectivity index (χ1v) is 30.1. The number of anilines is 3. The summed E-state index contributed by atoms with van der Waals surface area (Å²) in [5.41, 5.74) is 3.87. The van der Waals surface area contributed by atoms with Crippen LogP contribution in [-0.4, -0.2) is 137 Å². The lowest BCUT2D eigenvalue weighted by Gasteiger charge is -2.24. The second kappa shape index (κ2) is 27.5. The van der Waals surface area contributed by atoms with Crippen molar-refractivity contribution in [1.82, 2.24) is 44.3 Å². The summed E-state index contributed by atoms with van der Waals surface area (Å²) >= 11 is 0. The van der Waals surface area contributed by atoms with Gasteiger partial charge in [-0.2, -0.15) is 10.2 Å². The van der Waals surface area contributed by atoms with Gasteiger partial charge in [0.05, 0.1) is 32.9 Å². The average molecular weight is 1240 g/mol. The summed E-state index contributed by atoms with van der Waals surface area (Å²) < 4.78 is 38.0. The third-order valence-corrected chi connectivity index (χ3v) is 14.9. The number of benzene rings is 4. The van der Waals surface area contributed by atoms with Gasteiger partial charge in [-0.3, -0.25) is 4.79 Å². The van der Waals surface area contributed by atoms with Crippen LogP contribution in [-0.2, 0) is 22.6 Å². The highest BCUT2D eigenvalue weighted by Crippen LogP contribution is 2.38. The molecule has 2 fully saturated rings. The Bertz CT molecular complexity index is 4030. The Kier molecular flexibility index (Phi) is 19.2. The maximum absolute atomic E-state index is 13.0. The molecule has 2 aliphatic heterocycles. The van der Waals surface area contributed by atoms with Crippen molar-refractivity contribution in [3.63, 3.8) is 0 Å². The van der Waals surface area contributed by atoms with Gasteiger partial charge in [0.15, 0.2) is 22.9 Å². The van der Waals surface area contributed by atoms with E-state index in [1.165, 1.54) is 12.1 Å². The predicted molar refractivity (Wildman–Crippen MR) is 345 cm³/mol. The fourth-order valence-electron chi connectivity index (χ4n) is 10.3. The highest BCUT2D eigenvalue weighted by molar-refractivity contribution is 6.04. The van der Waals surface area contributed by atoms with Gasteiger partial charge in [0.2, 0.25) is 0 Å². The first kappa shape index (κ1) is 63.6. The number of carbonyl (C=O) groups excluding carboxylic acids is 3. The van der Waals surface area contributed by atoms with Crippen LogP contribution in [0.25, 0.3) is 22.1 Å². The molecule has 23 heteroatoms. The molecule has 9 aromatic rings. The Labute approximate surface area is 527 Å². The molecule has 0 spiro atoms. The largest absolute Gasteiger partial charge is 0.497 e. The number of nitrogens with one attached hydrogen (secondary N) is 3. The maximum atomic E-state index is 13.0. The topological polar surface area (TPSA) is 261 Å². The number of likely N-dealkylation sites (tertiary alicyclic amines) is 2. The number of pyridine rings is 3. The zero-order valence-electron chi connectivity index (χ0n) is 52.7. The van der Waals surface area contributed by atoms with Crippen LogP contribution in [0.3, 0.4) is 0 Å². The van der Waals surface area contributed by atoms with Crippen LogP contribution in [0.4, 0.5) is 27.0 Å². The lowest BCUT2D eigenvalue weighted by Crippen LogP contribution is -2.36. The second-order valence-electron chi connectivity index (χ2n) is 24.5. The predicted octanol–water partition coefficient (Wildman–Crippen LogP) is 12.9. The molecule has 2 saturated heterocycles. The number of carboxylic acid groups (broad SMARTS) is 1. The summed E-state index contributed by atoms with van der Waals surface area (Å²) in [5.74, 6) is 4.35. The number of carboxylic acids is 1. The molecule has 5 aromatic heterocycles. The second-order valence-corrected chi connectivity index (χ2v) is 24.5. The molecule has 4 N–H and O–H groups in total. The van der Waals surface area contributed by atoms with E-state index in [1.807, 2.05) is 107 Å². The minimum atomic E-state index is -1.01. The summed E-state index contributed by atoms with van der Waals surface area (Å²) in [6, 6.07) is 35.9. The molecule has 7 heterocycles. The van der Waals surface area contributed by atoms with Crippen LogP contribution in [0, 0.1) is 0 Å². The monoisotopic (exact) mass is 1240 g/mol. The quantitative estimate of drug-likeness (QED) is 0.0622. The number of methoxy groups -OCH3 is 2. The van der Waals surface area contributed by atoms with E-state index in [1.54, 1.807) is 95.8 Å². The van der Waals surface area contributed by atoms with Crippen LogP contribution in [0.2, 0.25) is 0 Å². The van der Waals surface area contributed by atoms with Crippen molar-refractivity contribution in [3.8, 4) is 34.5 Å². The molecular formula is C68H76N12O11. The summed E-state index contributed by atoms with van der Waals surface area (Å²) in [5, 5.41) is 30.4. The molecule has 91 heavy (non-hydrogen) atoms. The molecule has 2 atom stereocenters. The number of carbonyl (C=O) groups is 4. The smallest absolute Gasteiger partial charge is 0.410 e. The zero-order valence-corrected chi connectivity index (χ0v) is 52.7. The molecule has 2 aliphatic rings. The van der Waals surface area contributed by atoms with E-state index in [9.17, 15) is 24.3 Å². The number of amides is 3. The first-order chi connectivity index (χ1) is 43.5. The number of hydrogen-bond donors (Lipinski definition) is 4. The molecule has 23 nitrogen and oxygen atoms in total. The maximum Gasteiger partial charge on any atom is 0.410 e. The Morgan fingerprint density at radius 3 is 1.38 bits per heavy atom. The Balaban J connectivity index is 0.000000204. The van der Waals surface area contributed by atoms with Crippen molar-refractivity contribution in [2.75, 3.05) is 56.3 Å². The van der Waals surface area contributed by atoms with Gasteiger partial charge in [-0.1, -0.05) is 38.1 Å². The van der Waals surface area contributed by atoms with Gasteiger partial charge in [-0.05, 0) is 162 Å². The van der Waals surface area contributed by atoms with Crippen LogP contribution >= 0.6 is 0 Å².